The lowest BCUT2D eigenvalue weighted by Crippen LogP contribution is -2.22. The molecule has 0 radical (unpaired) electrons. The van der Waals surface area contributed by atoms with E-state index in [2.05, 4.69) is 10.2 Å². The van der Waals surface area contributed by atoms with E-state index in [0.29, 0.717) is 5.56 Å². The number of nitrogens with zero attached hydrogens (tertiary/aromatic N) is 1. The van der Waals surface area contributed by atoms with E-state index in [1.165, 1.54) is 17.2 Å². The minimum absolute atomic E-state index is 0.0434. The van der Waals surface area contributed by atoms with Crippen molar-refractivity contribution in [3.8, 4) is 0 Å². The highest BCUT2D eigenvalue weighted by molar-refractivity contribution is 6.01. The van der Waals surface area contributed by atoms with Crippen LogP contribution in [0.15, 0.2) is 36.4 Å². The van der Waals surface area contributed by atoms with Crippen LogP contribution in [0.25, 0.3) is 0 Å². The van der Waals surface area contributed by atoms with Crippen molar-refractivity contribution >= 4 is 23.1 Å². The molecule has 1 fully saturated rings. The second kappa shape index (κ2) is 8.13. The Balaban J connectivity index is 1.39. The smallest absolute Gasteiger partial charge is 0.224 e. The Hall–Kier alpha value is -2.69. The standard InChI is InChI=1S/C23H25FN2O2/c24-19-7-4-8-20(26-13-1-2-14-26)23(19)25-22(28)12-11-21(27)18-10-9-16-5-3-6-17(16)15-18/h4,7-10,15H,1-3,5-6,11-14H2,(H,25,28). The van der Waals surface area contributed by atoms with E-state index in [4.69, 9.17) is 0 Å². The van der Waals surface area contributed by atoms with Gasteiger partial charge in [0.25, 0.3) is 0 Å². The normalized spacial score (nSPS) is 15.5. The second-order valence-electron chi connectivity index (χ2n) is 7.64. The second-order valence-corrected chi connectivity index (χ2v) is 7.64. The molecule has 0 aromatic heterocycles. The zero-order valence-corrected chi connectivity index (χ0v) is 16.0. The van der Waals surface area contributed by atoms with Crippen molar-refractivity contribution in [1.82, 2.24) is 0 Å². The molecule has 1 heterocycles. The van der Waals surface area contributed by atoms with Crippen molar-refractivity contribution in [2.24, 2.45) is 0 Å². The molecule has 0 bridgehead atoms. The number of fused-ring (bicyclic) bond motifs is 1. The lowest BCUT2D eigenvalue weighted by atomic mass is 10.0. The topological polar surface area (TPSA) is 49.4 Å². The zero-order valence-electron chi connectivity index (χ0n) is 16.0. The van der Waals surface area contributed by atoms with Gasteiger partial charge in [0.2, 0.25) is 5.91 Å². The van der Waals surface area contributed by atoms with E-state index in [-0.39, 0.29) is 30.2 Å². The fourth-order valence-corrected chi connectivity index (χ4v) is 4.18. The molecule has 4 nitrogen and oxygen atoms in total. The van der Waals surface area contributed by atoms with Gasteiger partial charge in [-0.05, 0) is 61.4 Å². The fourth-order valence-electron chi connectivity index (χ4n) is 4.18. The Labute approximate surface area is 164 Å². The van der Waals surface area contributed by atoms with Gasteiger partial charge >= 0.3 is 0 Å². The first kappa shape index (κ1) is 18.7. The molecule has 1 saturated heterocycles. The molecule has 4 rings (SSSR count). The minimum atomic E-state index is -0.442. The number of benzene rings is 2. The highest BCUT2D eigenvalue weighted by Crippen LogP contribution is 2.31. The molecule has 2 aromatic carbocycles. The van der Waals surface area contributed by atoms with Gasteiger partial charge in [-0.3, -0.25) is 9.59 Å². The SMILES string of the molecule is O=C(CCC(=O)c1ccc2c(c1)CCC2)Nc1c(F)cccc1N1CCCC1. The van der Waals surface area contributed by atoms with Gasteiger partial charge in [0.15, 0.2) is 5.78 Å². The predicted octanol–water partition coefficient (Wildman–Crippen LogP) is 4.52. The maximum absolute atomic E-state index is 14.3. The molecule has 1 aliphatic heterocycles. The van der Waals surface area contributed by atoms with Crippen molar-refractivity contribution in [2.75, 3.05) is 23.3 Å². The summed E-state index contributed by atoms with van der Waals surface area (Å²) in [6, 6.07) is 10.7. The molecule has 2 aromatic rings. The van der Waals surface area contributed by atoms with Crippen molar-refractivity contribution in [1.29, 1.82) is 0 Å². The highest BCUT2D eigenvalue weighted by Gasteiger charge is 2.20. The Morgan fingerprint density at radius 1 is 0.964 bits per heavy atom. The molecule has 1 aliphatic carbocycles. The van der Waals surface area contributed by atoms with Crippen molar-refractivity contribution in [3.63, 3.8) is 0 Å². The average molecular weight is 380 g/mol. The van der Waals surface area contributed by atoms with E-state index in [1.54, 1.807) is 6.07 Å². The van der Waals surface area contributed by atoms with Crippen molar-refractivity contribution < 1.29 is 14.0 Å². The maximum atomic E-state index is 14.3. The number of halogens is 1. The van der Waals surface area contributed by atoms with E-state index < -0.39 is 5.82 Å². The molecule has 2 aliphatic rings. The number of amides is 1. The lowest BCUT2D eigenvalue weighted by Gasteiger charge is -2.22. The van der Waals surface area contributed by atoms with Crippen LogP contribution in [0.4, 0.5) is 15.8 Å². The Kier molecular flexibility index (Phi) is 5.42. The average Bonchev–Trinajstić information content (AvgIpc) is 3.38. The van der Waals surface area contributed by atoms with Crippen LogP contribution in [0.1, 0.15) is 53.6 Å². The van der Waals surface area contributed by atoms with Crippen LogP contribution in [0.2, 0.25) is 0 Å². The van der Waals surface area contributed by atoms with Crippen LogP contribution in [-0.2, 0) is 17.6 Å². The number of carbonyl (C=O) groups is 2. The van der Waals surface area contributed by atoms with E-state index >= 15 is 0 Å². The molecule has 1 amide bonds. The summed E-state index contributed by atoms with van der Waals surface area (Å²) < 4.78 is 14.3. The first-order valence-electron chi connectivity index (χ1n) is 10.1. The van der Waals surface area contributed by atoms with E-state index in [9.17, 15) is 14.0 Å². The van der Waals surface area contributed by atoms with Gasteiger partial charge < -0.3 is 10.2 Å². The number of hydrogen-bond acceptors (Lipinski definition) is 3. The lowest BCUT2D eigenvalue weighted by molar-refractivity contribution is -0.116. The monoisotopic (exact) mass is 380 g/mol. The van der Waals surface area contributed by atoms with Gasteiger partial charge in [-0.15, -0.1) is 0 Å². The number of nitrogens with one attached hydrogen (secondary N) is 1. The van der Waals surface area contributed by atoms with Crippen LogP contribution < -0.4 is 10.2 Å². The number of hydrogen-bond donors (Lipinski definition) is 1. The largest absolute Gasteiger partial charge is 0.370 e. The minimum Gasteiger partial charge on any atom is -0.370 e. The maximum Gasteiger partial charge on any atom is 0.224 e. The summed E-state index contributed by atoms with van der Waals surface area (Å²) in [5.41, 5.74) is 4.17. The molecule has 1 N–H and O–H groups in total. The van der Waals surface area contributed by atoms with E-state index in [0.717, 1.165) is 50.9 Å². The van der Waals surface area contributed by atoms with Gasteiger partial charge in [0, 0.05) is 31.5 Å². The summed E-state index contributed by atoms with van der Waals surface area (Å²) in [5, 5.41) is 2.70. The van der Waals surface area contributed by atoms with Crippen LogP contribution in [0.5, 0.6) is 0 Å². The van der Waals surface area contributed by atoms with Gasteiger partial charge in [-0.25, -0.2) is 4.39 Å². The third kappa shape index (κ3) is 3.93. The molecule has 0 unspecified atom stereocenters. The fraction of sp³-hybridized carbons (Fsp3) is 0.391. The van der Waals surface area contributed by atoms with E-state index in [1.807, 2.05) is 24.3 Å². The number of carbonyl (C=O) groups excluding carboxylic acids is 2. The molecule has 0 saturated carbocycles. The summed E-state index contributed by atoms with van der Waals surface area (Å²) in [6.07, 6.45) is 5.54. The molecule has 146 valence electrons. The number of Topliss-reactive ketones (excluding diaryl/α,β-unsaturated/α-hetero) is 1. The molecule has 0 spiro atoms. The number of rotatable bonds is 6. The summed E-state index contributed by atoms with van der Waals surface area (Å²) >= 11 is 0. The van der Waals surface area contributed by atoms with Gasteiger partial charge in [0.05, 0.1) is 5.69 Å². The highest BCUT2D eigenvalue weighted by atomic mass is 19.1. The molecule has 28 heavy (non-hydrogen) atoms. The summed E-state index contributed by atoms with van der Waals surface area (Å²) in [7, 11) is 0. The number of para-hydroxylation sites is 1. The molecular formula is C23H25FN2O2. The third-order valence-corrected chi connectivity index (χ3v) is 5.70. The van der Waals surface area contributed by atoms with Gasteiger partial charge in [-0.2, -0.15) is 0 Å². The first-order chi connectivity index (χ1) is 13.6. The van der Waals surface area contributed by atoms with Crippen LogP contribution in [-0.4, -0.2) is 24.8 Å². The van der Waals surface area contributed by atoms with Crippen molar-refractivity contribution in [2.45, 2.75) is 44.9 Å². The van der Waals surface area contributed by atoms with Gasteiger partial charge in [0.1, 0.15) is 11.5 Å². The number of ketones is 1. The van der Waals surface area contributed by atoms with Crippen LogP contribution >= 0.6 is 0 Å². The number of aryl methyl sites for hydroxylation is 2. The number of anilines is 2. The Morgan fingerprint density at radius 2 is 1.75 bits per heavy atom. The Morgan fingerprint density at radius 3 is 2.57 bits per heavy atom. The van der Waals surface area contributed by atoms with Crippen molar-refractivity contribution in [3.05, 3.63) is 58.9 Å². The molecule has 5 heteroatoms. The zero-order chi connectivity index (χ0) is 19.5. The van der Waals surface area contributed by atoms with Gasteiger partial charge in [-0.1, -0.05) is 18.2 Å². The van der Waals surface area contributed by atoms with Crippen LogP contribution in [0, 0.1) is 5.82 Å². The summed E-state index contributed by atoms with van der Waals surface area (Å²) in [5.74, 6) is -0.819. The quantitative estimate of drug-likeness (QED) is 0.750. The molecule has 0 atom stereocenters. The third-order valence-electron chi connectivity index (χ3n) is 5.70. The molecular weight excluding hydrogens is 355 g/mol. The Bertz CT molecular complexity index is 903. The first-order valence-corrected chi connectivity index (χ1v) is 10.1. The predicted molar refractivity (Wildman–Crippen MR) is 109 cm³/mol. The summed E-state index contributed by atoms with van der Waals surface area (Å²) in [6.45, 7) is 1.73. The van der Waals surface area contributed by atoms with Crippen LogP contribution in [0.3, 0.4) is 0 Å². The summed E-state index contributed by atoms with van der Waals surface area (Å²) in [4.78, 5) is 27.0.